The Hall–Kier alpha value is -2.13. The van der Waals surface area contributed by atoms with Gasteiger partial charge in [-0.3, -0.25) is 5.43 Å². The Morgan fingerprint density at radius 2 is 1.75 bits per heavy atom. The van der Waals surface area contributed by atoms with Crippen molar-refractivity contribution in [2.45, 2.75) is 0 Å². The van der Waals surface area contributed by atoms with Crippen LogP contribution in [0.3, 0.4) is 0 Å². The molecule has 0 amide bonds. The van der Waals surface area contributed by atoms with E-state index in [0.717, 1.165) is 15.7 Å². The second-order valence-corrected chi connectivity index (χ2v) is 5.31. The SMILES string of the molecule is Brc1cccc2cc(/C=N/Nc3ccccc3)ccc12. The number of hydrazone groups is 1. The van der Waals surface area contributed by atoms with Gasteiger partial charge in [0.15, 0.2) is 0 Å². The lowest BCUT2D eigenvalue weighted by Gasteiger charge is -2.02. The molecule has 0 aromatic heterocycles. The van der Waals surface area contributed by atoms with Gasteiger partial charge in [-0.15, -0.1) is 0 Å². The molecule has 3 heteroatoms. The fraction of sp³-hybridized carbons (Fsp3) is 0. The number of para-hydroxylation sites is 1. The van der Waals surface area contributed by atoms with Gasteiger partial charge in [0.1, 0.15) is 0 Å². The van der Waals surface area contributed by atoms with Gasteiger partial charge in [0, 0.05) is 4.47 Å². The van der Waals surface area contributed by atoms with E-state index in [1.165, 1.54) is 10.8 Å². The third kappa shape index (κ3) is 2.89. The van der Waals surface area contributed by atoms with Gasteiger partial charge >= 0.3 is 0 Å². The highest BCUT2D eigenvalue weighted by Gasteiger charge is 1.98. The summed E-state index contributed by atoms with van der Waals surface area (Å²) in [5.74, 6) is 0. The number of hydrogen-bond donors (Lipinski definition) is 1. The Morgan fingerprint density at radius 3 is 2.60 bits per heavy atom. The topological polar surface area (TPSA) is 24.4 Å². The molecule has 20 heavy (non-hydrogen) atoms. The molecule has 3 aromatic carbocycles. The number of nitrogens with one attached hydrogen (secondary N) is 1. The number of anilines is 1. The Balaban J connectivity index is 1.81. The zero-order chi connectivity index (χ0) is 13.8. The summed E-state index contributed by atoms with van der Waals surface area (Å²) in [6.45, 7) is 0. The van der Waals surface area contributed by atoms with Gasteiger partial charge in [-0.25, -0.2) is 0 Å². The Labute approximate surface area is 126 Å². The van der Waals surface area contributed by atoms with Crippen molar-refractivity contribution in [2.24, 2.45) is 5.10 Å². The first-order valence-electron chi connectivity index (χ1n) is 6.35. The molecule has 0 radical (unpaired) electrons. The molecule has 1 N–H and O–H groups in total. The molecule has 0 saturated heterocycles. The molecule has 3 rings (SSSR count). The molecule has 2 nitrogen and oxygen atoms in total. The van der Waals surface area contributed by atoms with Gasteiger partial charge in [-0.1, -0.05) is 58.4 Å². The lowest BCUT2D eigenvalue weighted by molar-refractivity contribution is 1.35. The maximum absolute atomic E-state index is 4.25. The molecule has 0 bridgehead atoms. The van der Waals surface area contributed by atoms with Crippen molar-refractivity contribution < 1.29 is 0 Å². The summed E-state index contributed by atoms with van der Waals surface area (Å²) in [7, 11) is 0. The zero-order valence-corrected chi connectivity index (χ0v) is 12.3. The molecule has 0 heterocycles. The van der Waals surface area contributed by atoms with E-state index in [0.29, 0.717) is 0 Å². The summed E-state index contributed by atoms with van der Waals surface area (Å²) >= 11 is 3.56. The first-order chi connectivity index (χ1) is 9.83. The van der Waals surface area contributed by atoms with E-state index in [2.05, 4.69) is 50.7 Å². The molecule has 0 aliphatic rings. The minimum atomic E-state index is 0.979. The monoisotopic (exact) mass is 324 g/mol. The van der Waals surface area contributed by atoms with Gasteiger partial charge in [-0.2, -0.15) is 5.10 Å². The highest BCUT2D eigenvalue weighted by atomic mass is 79.9. The van der Waals surface area contributed by atoms with Gasteiger partial charge in [0.2, 0.25) is 0 Å². The van der Waals surface area contributed by atoms with Crippen LogP contribution in [-0.2, 0) is 0 Å². The fourth-order valence-corrected chi connectivity index (χ4v) is 2.55. The van der Waals surface area contributed by atoms with Crippen molar-refractivity contribution in [3.63, 3.8) is 0 Å². The summed E-state index contributed by atoms with van der Waals surface area (Å²) < 4.78 is 1.11. The molecule has 0 atom stereocenters. The maximum Gasteiger partial charge on any atom is 0.0561 e. The number of nitrogens with zero attached hydrogens (tertiary/aromatic N) is 1. The minimum Gasteiger partial charge on any atom is -0.279 e. The molecular formula is C17H13BrN2. The van der Waals surface area contributed by atoms with Crippen LogP contribution in [0, 0.1) is 0 Å². The number of benzene rings is 3. The van der Waals surface area contributed by atoms with Crippen molar-refractivity contribution in [3.8, 4) is 0 Å². The molecule has 0 unspecified atom stereocenters. The Morgan fingerprint density at radius 1 is 0.900 bits per heavy atom. The van der Waals surface area contributed by atoms with Crippen molar-refractivity contribution in [2.75, 3.05) is 5.43 Å². The Kier molecular flexibility index (Phi) is 3.79. The normalized spacial score (nSPS) is 11.1. The predicted octanol–water partition coefficient (Wildman–Crippen LogP) is 5.05. The molecule has 0 aliphatic carbocycles. The zero-order valence-electron chi connectivity index (χ0n) is 10.8. The number of fused-ring (bicyclic) bond motifs is 1. The molecule has 98 valence electrons. The molecule has 3 aromatic rings. The summed E-state index contributed by atoms with van der Waals surface area (Å²) in [6.07, 6.45) is 1.83. The number of rotatable bonds is 3. The van der Waals surface area contributed by atoms with Crippen LogP contribution in [0.15, 0.2) is 76.3 Å². The average molecular weight is 325 g/mol. The molecular weight excluding hydrogens is 312 g/mol. The van der Waals surface area contributed by atoms with Crippen LogP contribution in [0.5, 0.6) is 0 Å². The molecule has 0 aliphatic heterocycles. The third-order valence-electron chi connectivity index (χ3n) is 3.03. The lowest BCUT2D eigenvalue weighted by atomic mass is 10.1. The highest BCUT2D eigenvalue weighted by molar-refractivity contribution is 9.10. The van der Waals surface area contributed by atoms with Crippen LogP contribution in [0.2, 0.25) is 0 Å². The molecule has 0 spiro atoms. The summed E-state index contributed by atoms with van der Waals surface area (Å²) in [6, 6.07) is 22.4. The second-order valence-electron chi connectivity index (χ2n) is 4.46. The molecule has 0 fully saturated rings. The van der Waals surface area contributed by atoms with E-state index in [-0.39, 0.29) is 0 Å². The van der Waals surface area contributed by atoms with Crippen LogP contribution in [-0.4, -0.2) is 6.21 Å². The predicted molar refractivity (Wildman–Crippen MR) is 89.3 cm³/mol. The van der Waals surface area contributed by atoms with E-state index in [1.54, 1.807) is 0 Å². The number of hydrogen-bond acceptors (Lipinski definition) is 2. The van der Waals surface area contributed by atoms with Gasteiger partial charge in [-0.05, 0) is 40.6 Å². The van der Waals surface area contributed by atoms with Crippen LogP contribution in [0.4, 0.5) is 5.69 Å². The van der Waals surface area contributed by atoms with Crippen LogP contribution in [0.25, 0.3) is 10.8 Å². The first kappa shape index (κ1) is 12.9. The van der Waals surface area contributed by atoms with Crippen molar-refractivity contribution >= 4 is 38.6 Å². The van der Waals surface area contributed by atoms with Gasteiger partial charge in [0.25, 0.3) is 0 Å². The number of halogens is 1. The van der Waals surface area contributed by atoms with Crippen LogP contribution >= 0.6 is 15.9 Å². The van der Waals surface area contributed by atoms with Gasteiger partial charge < -0.3 is 0 Å². The smallest absolute Gasteiger partial charge is 0.0561 e. The standard InChI is InChI=1S/C17H13BrN2/c18-17-8-4-5-14-11-13(9-10-16(14)17)12-19-20-15-6-2-1-3-7-15/h1-12,20H/b19-12+. The van der Waals surface area contributed by atoms with E-state index in [9.17, 15) is 0 Å². The summed E-state index contributed by atoms with van der Waals surface area (Å²) in [4.78, 5) is 0. The molecule has 0 saturated carbocycles. The second kappa shape index (κ2) is 5.88. The first-order valence-corrected chi connectivity index (χ1v) is 7.15. The van der Waals surface area contributed by atoms with Crippen molar-refractivity contribution in [1.82, 2.24) is 0 Å². The highest BCUT2D eigenvalue weighted by Crippen LogP contribution is 2.24. The summed E-state index contributed by atoms with van der Waals surface area (Å²) in [5, 5.41) is 6.66. The third-order valence-corrected chi connectivity index (χ3v) is 3.72. The van der Waals surface area contributed by atoms with Crippen molar-refractivity contribution in [1.29, 1.82) is 0 Å². The Bertz CT molecular complexity index is 751. The van der Waals surface area contributed by atoms with Gasteiger partial charge in [0.05, 0.1) is 11.9 Å². The van der Waals surface area contributed by atoms with Crippen LogP contribution in [0.1, 0.15) is 5.56 Å². The van der Waals surface area contributed by atoms with E-state index in [1.807, 2.05) is 48.7 Å². The van der Waals surface area contributed by atoms with Crippen molar-refractivity contribution in [3.05, 3.63) is 76.8 Å². The minimum absolute atomic E-state index is 0.979. The maximum atomic E-state index is 4.25. The van der Waals surface area contributed by atoms with E-state index >= 15 is 0 Å². The van der Waals surface area contributed by atoms with E-state index < -0.39 is 0 Å². The quantitative estimate of drug-likeness (QED) is 0.529. The van der Waals surface area contributed by atoms with Crippen LogP contribution < -0.4 is 5.43 Å². The van der Waals surface area contributed by atoms with E-state index in [4.69, 9.17) is 0 Å². The lowest BCUT2D eigenvalue weighted by Crippen LogP contribution is -1.90. The average Bonchev–Trinajstić information content (AvgIpc) is 2.48. The summed E-state index contributed by atoms with van der Waals surface area (Å²) in [5.41, 5.74) is 5.06. The fourth-order valence-electron chi connectivity index (χ4n) is 2.04. The largest absolute Gasteiger partial charge is 0.279 e.